The van der Waals surface area contributed by atoms with Crippen molar-refractivity contribution in [2.75, 3.05) is 51.7 Å². The summed E-state index contributed by atoms with van der Waals surface area (Å²) in [5.74, 6) is -0.796. The molecular formula is C16H26FIN4O3S. The van der Waals surface area contributed by atoms with Gasteiger partial charge in [-0.05, 0) is 18.6 Å². The first-order valence-electron chi connectivity index (χ1n) is 8.30. The summed E-state index contributed by atoms with van der Waals surface area (Å²) in [6.07, 6.45) is 0.871. The van der Waals surface area contributed by atoms with Crippen LogP contribution in [0.2, 0.25) is 0 Å². The minimum absolute atomic E-state index is 0. The Kier molecular flexibility index (Phi) is 10.4. The molecule has 1 aliphatic rings. The minimum atomic E-state index is -3.69. The zero-order chi connectivity index (χ0) is 18.1. The number of nitrogens with two attached hydrogens (primary N) is 1. The topological polar surface area (TPSA) is 97.0 Å². The van der Waals surface area contributed by atoms with Gasteiger partial charge in [0.25, 0.3) is 0 Å². The Balaban J connectivity index is 0.00000338. The summed E-state index contributed by atoms with van der Waals surface area (Å²) in [6.45, 7) is 4.98. The van der Waals surface area contributed by atoms with Crippen molar-refractivity contribution < 1.29 is 17.5 Å². The molecule has 1 aromatic rings. The number of ether oxygens (including phenoxy) is 1. The van der Waals surface area contributed by atoms with E-state index < -0.39 is 15.7 Å². The summed E-state index contributed by atoms with van der Waals surface area (Å²) in [6, 6.07) is 5.33. The number of sulfone groups is 1. The van der Waals surface area contributed by atoms with E-state index in [-0.39, 0.29) is 47.1 Å². The molecule has 1 aliphatic heterocycles. The molecule has 26 heavy (non-hydrogen) atoms. The maximum atomic E-state index is 13.6. The quantitative estimate of drug-likeness (QED) is 0.238. The number of guanidine groups is 1. The Hall–Kier alpha value is -0.980. The molecule has 0 unspecified atom stereocenters. The van der Waals surface area contributed by atoms with Gasteiger partial charge in [0.15, 0.2) is 15.8 Å². The van der Waals surface area contributed by atoms with Gasteiger partial charge in [-0.1, -0.05) is 12.1 Å². The lowest BCUT2D eigenvalue weighted by Gasteiger charge is -2.26. The van der Waals surface area contributed by atoms with Crippen LogP contribution in [0.3, 0.4) is 0 Å². The molecule has 0 atom stereocenters. The van der Waals surface area contributed by atoms with Crippen LogP contribution in [0, 0.1) is 5.82 Å². The normalized spacial score (nSPS) is 16.1. The first-order chi connectivity index (χ1) is 12.0. The molecule has 2 rings (SSSR count). The standard InChI is InChI=1S/C16H25FN4O3S.HI/c17-14-4-1-2-5-15(14)25(22,23)13-7-20-16(18)19-6-3-8-21-9-11-24-12-10-21;/h1-2,4-5H,3,6-13H2,(H3,18,19,20);1H. The largest absolute Gasteiger partial charge is 0.379 e. The van der Waals surface area contributed by atoms with Gasteiger partial charge in [0.05, 0.1) is 19.0 Å². The number of nitrogens with one attached hydrogen (secondary N) is 1. The van der Waals surface area contributed by atoms with Gasteiger partial charge in [-0.2, -0.15) is 0 Å². The molecule has 0 amide bonds. The molecule has 0 radical (unpaired) electrons. The molecule has 1 saturated heterocycles. The van der Waals surface area contributed by atoms with Crippen LogP contribution in [0.1, 0.15) is 6.42 Å². The fourth-order valence-corrected chi connectivity index (χ4v) is 3.74. The maximum Gasteiger partial charge on any atom is 0.188 e. The molecule has 1 aromatic carbocycles. The first-order valence-corrected chi connectivity index (χ1v) is 9.95. The van der Waals surface area contributed by atoms with E-state index in [4.69, 9.17) is 10.5 Å². The van der Waals surface area contributed by atoms with Gasteiger partial charge in [-0.3, -0.25) is 9.89 Å². The van der Waals surface area contributed by atoms with Gasteiger partial charge in [0.1, 0.15) is 10.7 Å². The number of nitrogens with zero attached hydrogens (tertiary/aromatic N) is 2. The van der Waals surface area contributed by atoms with Crippen molar-refractivity contribution in [3.8, 4) is 0 Å². The second kappa shape index (κ2) is 11.7. The molecule has 0 spiro atoms. The SMILES string of the molecule is I.NC(=NCCCN1CCOCC1)NCCS(=O)(=O)c1ccccc1F. The molecular weight excluding hydrogens is 474 g/mol. The van der Waals surface area contributed by atoms with Gasteiger partial charge < -0.3 is 15.8 Å². The molecule has 1 heterocycles. The summed E-state index contributed by atoms with van der Waals surface area (Å²) in [5, 5.41) is 2.76. The number of halogens is 2. The molecule has 0 bridgehead atoms. The Morgan fingerprint density at radius 2 is 2.00 bits per heavy atom. The van der Waals surface area contributed by atoms with Crippen LogP contribution >= 0.6 is 24.0 Å². The van der Waals surface area contributed by atoms with E-state index in [0.717, 1.165) is 45.3 Å². The average Bonchev–Trinajstić information content (AvgIpc) is 2.60. The van der Waals surface area contributed by atoms with Crippen LogP contribution in [-0.2, 0) is 14.6 Å². The third kappa shape index (κ3) is 7.72. The van der Waals surface area contributed by atoms with Crippen molar-refractivity contribution in [1.29, 1.82) is 0 Å². The van der Waals surface area contributed by atoms with E-state index in [1.165, 1.54) is 18.2 Å². The summed E-state index contributed by atoms with van der Waals surface area (Å²) < 4.78 is 43.0. The Morgan fingerprint density at radius 1 is 1.31 bits per heavy atom. The van der Waals surface area contributed by atoms with Crippen molar-refractivity contribution in [2.45, 2.75) is 11.3 Å². The molecule has 1 fully saturated rings. The van der Waals surface area contributed by atoms with Crippen molar-refractivity contribution >= 4 is 39.8 Å². The summed E-state index contributed by atoms with van der Waals surface area (Å²) >= 11 is 0. The molecule has 7 nitrogen and oxygen atoms in total. The first kappa shape index (κ1) is 23.1. The number of benzene rings is 1. The van der Waals surface area contributed by atoms with Crippen molar-refractivity contribution in [1.82, 2.24) is 10.2 Å². The van der Waals surface area contributed by atoms with Crippen LogP contribution < -0.4 is 11.1 Å². The predicted molar refractivity (Wildman–Crippen MR) is 110 cm³/mol. The lowest BCUT2D eigenvalue weighted by molar-refractivity contribution is 0.0377. The molecule has 3 N–H and O–H groups in total. The highest BCUT2D eigenvalue weighted by Gasteiger charge is 2.18. The average molecular weight is 500 g/mol. The number of hydrogen-bond donors (Lipinski definition) is 2. The summed E-state index contributed by atoms with van der Waals surface area (Å²) in [5.41, 5.74) is 5.73. The monoisotopic (exact) mass is 500 g/mol. The Bertz CT molecular complexity index is 682. The molecule has 148 valence electrons. The van der Waals surface area contributed by atoms with E-state index in [2.05, 4.69) is 15.2 Å². The zero-order valence-electron chi connectivity index (χ0n) is 14.6. The second-order valence-electron chi connectivity index (χ2n) is 5.75. The Labute approximate surface area is 171 Å². The van der Waals surface area contributed by atoms with Crippen molar-refractivity contribution in [3.63, 3.8) is 0 Å². The van der Waals surface area contributed by atoms with Gasteiger partial charge in [0.2, 0.25) is 0 Å². The highest BCUT2D eigenvalue weighted by Crippen LogP contribution is 2.14. The van der Waals surface area contributed by atoms with Gasteiger partial charge in [-0.25, -0.2) is 12.8 Å². The zero-order valence-corrected chi connectivity index (χ0v) is 17.7. The van der Waals surface area contributed by atoms with Crippen molar-refractivity contribution in [3.05, 3.63) is 30.1 Å². The van der Waals surface area contributed by atoms with E-state index >= 15 is 0 Å². The Morgan fingerprint density at radius 3 is 2.69 bits per heavy atom. The van der Waals surface area contributed by atoms with Gasteiger partial charge >= 0.3 is 0 Å². The lowest BCUT2D eigenvalue weighted by atomic mass is 10.3. The number of aliphatic imine (C=N–C) groups is 1. The number of rotatable bonds is 8. The smallest absolute Gasteiger partial charge is 0.188 e. The van der Waals surface area contributed by atoms with Crippen LogP contribution in [0.5, 0.6) is 0 Å². The number of hydrogen-bond acceptors (Lipinski definition) is 5. The highest BCUT2D eigenvalue weighted by atomic mass is 127. The molecule has 0 aliphatic carbocycles. The fraction of sp³-hybridized carbons (Fsp3) is 0.562. The highest BCUT2D eigenvalue weighted by molar-refractivity contribution is 14.0. The lowest BCUT2D eigenvalue weighted by Crippen LogP contribution is -2.37. The molecule has 0 saturated carbocycles. The summed E-state index contributed by atoms with van der Waals surface area (Å²) in [7, 11) is -3.69. The van der Waals surface area contributed by atoms with E-state index in [1.54, 1.807) is 0 Å². The van der Waals surface area contributed by atoms with Crippen LogP contribution in [0.25, 0.3) is 0 Å². The number of morpholine rings is 1. The fourth-order valence-electron chi connectivity index (χ4n) is 2.49. The molecule has 0 aromatic heterocycles. The van der Waals surface area contributed by atoms with E-state index in [1.807, 2.05) is 0 Å². The predicted octanol–water partition coefficient (Wildman–Crippen LogP) is 0.844. The van der Waals surface area contributed by atoms with E-state index in [0.29, 0.717) is 6.54 Å². The maximum absolute atomic E-state index is 13.6. The molecule has 10 heteroatoms. The van der Waals surface area contributed by atoms with Crippen molar-refractivity contribution in [2.24, 2.45) is 10.7 Å². The van der Waals surface area contributed by atoms with Crippen LogP contribution in [-0.4, -0.2) is 71.0 Å². The van der Waals surface area contributed by atoms with Gasteiger partial charge in [-0.15, -0.1) is 24.0 Å². The minimum Gasteiger partial charge on any atom is -0.379 e. The third-order valence-corrected chi connectivity index (χ3v) is 5.61. The summed E-state index contributed by atoms with van der Waals surface area (Å²) in [4.78, 5) is 6.19. The van der Waals surface area contributed by atoms with Gasteiger partial charge in [0, 0.05) is 32.7 Å². The second-order valence-corrected chi connectivity index (χ2v) is 7.83. The van der Waals surface area contributed by atoms with Crippen LogP contribution in [0.15, 0.2) is 34.2 Å². The third-order valence-electron chi connectivity index (χ3n) is 3.87. The van der Waals surface area contributed by atoms with Crippen LogP contribution in [0.4, 0.5) is 4.39 Å². The van der Waals surface area contributed by atoms with E-state index in [9.17, 15) is 12.8 Å².